The third-order valence-corrected chi connectivity index (χ3v) is 2.61. The summed E-state index contributed by atoms with van der Waals surface area (Å²) < 4.78 is 30.1. The van der Waals surface area contributed by atoms with Crippen molar-refractivity contribution >= 4 is 16.2 Å². The fourth-order valence-corrected chi connectivity index (χ4v) is 1.77. The predicted octanol–water partition coefficient (Wildman–Crippen LogP) is 1.03. The van der Waals surface area contributed by atoms with Gasteiger partial charge in [0, 0.05) is 0 Å². The van der Waals surface area contributed by atoms with Crippen LogP contribution in [0.1, 0.15) is 0 Å². The largest absolute Gasteiger partial charge is 0.504 e. The zero-order chi connectivity index (χ0) is 10.9. The predicted molar refractivity (Wildman–Crippen MR) is 54.2 cm³/mol. The first-order chi connectivity index (χ1) is 7.07. The third kappa shape index (κ3) is 2.16. The molecule has 0 amide bonds. The number of rotatable bonds is 2. The molecule has 0 unspecified atom stereocenters. The van der Waals surface area contributed by atoms with Gasteiger partial charge in [-0.3, -0.25) is 0 Å². The quantitative estimate of drug-likeness (QED) is 0.815. The lowest BCUT2D eigenvalue weighted by molar-refractivity contribution is 0.400. The van der Waals surface area contributed by atoms with E-state index in [-0.39, 0.29) is 17.3 Å². The number of nitrogens with zero attached hydrogens (tertiary/aromatic N) is 1. The molecule has 1 aliphatic rings. The van der Waals surface area contributed by atoms with Crippen molar-refractivity contribution in [2.24, 2.45) is 4.40 Å². The highest BCUT2D eigenvalue weighted by atomic mass is 32.2. The Balaban J connectivity index is 2.26. The summed E-state index contributed by atoms with van der Waals surface area (Å²) in [6.45, 7) is 0. The molecule has 1 aromatic carbocycles. The van der Waals surface area contributed by atoms with Crippen LogP contribution in [0.4, 0.5) is 0 Å². The minimum absolute atomic E-state index is 0.0592. The fraction of sp³-hybridized carbons (Fsp3) is 0. The van der Waals surface area contributed by atoms with E-state index in [2.05, 4.69) is 4.40 Å². The van der Waals surface area contributed by atoms with E-state index in [1.54, 1.807) is 12.1 Å². The van der Waals surface area contributed by atoms with Crippen LogP contribution in [-0.2, 0) is 10.0 Å². The average Bonchev–Trinajstić information content (AvgIpc) is 2.50. The van der Waals surface area contributed by atoms with Crippen LogP contribution in [0, 0.1) is 0 Å². The summed E-state index contributed by atoms with van der Waals surface area (Å²) >= 11 is 0. The lowest BCUT2D eigenvalue weighted by Gasteiger charge is -2.04. The van der Waals surface area contributed by atoms with Crippen LogP contribution in [0.3, 0.4) is 0 Å². The first kappa shape index (κ1) is 9.72. The van der Waals surface area contributed by atoms with Gasteiger partial charge in [-0.1, -0.05) is 12.1 Å². The number of phenols is 1. The normalized spacial score (nSPS) is 17.5. The van der Waals surface area contributed by atoms with Gasteiger partial charge in [-0.05, 0) is 12.1 Å². The van der Waals surface area contributed by atoms with Gasteiger partial charge in [-0.2, -0.15) is 12.8 Å². The Hall–Kier alpha value is -1.82. The van der Waals surface area contributed by atoms with E-state index in [1.165, 1.54) is 12.1 Å². The summed E-state index contributed by atoms with van der Waals surface area (Å²) in [6, 6.07) is 6.26. The van der Waals surface area contributed by atoms with Crippen LogP contribution >= 0.6 is 0 Å². The van der Waals surface area contributed by atoms with Gasteiger partial charge >= 0.3 is 0 Å². The van der Waals surface area contributed by atoms with Crippen molar-refractivity contribution in [3.05, 3.63) is 35.4 Å². The number of ether oxygens (including phenoxy) is 1. The van der Waals surface area contributed by atoms with Gasteiger partial charge < -0.3 is 9.84 Å². The van der Waals surface area contributed by atoms with Gasteiger partial charge in [0.1, 0.15) is 0 Å². The maximum atomic E-state index is 10.9. The number of phenolic OH excluding ortho intramolecular Hbond substituents is 1. The van der Waals surface area contributed by atoms with Crippen molar-refractivity contribution in [2.75, 3.05) is 0 Å². The number of hydrogen-bond acceptors (Lipinski definition) is 4. The van der Waals surface area contributed by atoms with Gasteiger partial charge in [0.15, 0.2) is 17.3 Å². The Morgan fingerprint density at radius 1 is 1.27 bits per heavy atom. The molecule has 0 aliphatic carbocycles. The Morgan fingerprint density at radius 2 is 2.00 bits per heavy atom. The topological polar surface area (TPSA) is 76.0 Å². The van der Waals surface area contributed by atoms with Crippen LogP contribution in [0.25, 0.3) is 0 Å². The van der Waals surface area contributed by atoms with E-state index in [9.17, 15) is 13.5 Å². The second kappa shape index (κ2) is 3.39. The van der Waals surface area contributed by atoms with Crippen LogP contribution in [0.2, 0.25) is 0 Å². The number of aromatic hydroxyl groups is 1. The molecule has 0 radical (unpaired) electrons. The first-order valence-electron chi connectivity index (χ1n) is 4.05. The highest BCUT2D eigenvalue weighted by Gasteiger charge is 2.15. The van der Waals surface area contributed by atoms with Gasteiger partial charge in [0.05, 0.1) is 11.6 Å². The molecule has 0 spiro atoms. The minimum Gasteiger partial charge on any atom is -0.504 e. The second-order valence-electron chi connectivity index (χ2n) is 2.84. The van der Waals surface area contributed by atoms with Crippen LogP contribution in [0.5, 0.6) is 11.5 Å². The monoisotopic (exact) mass is 225 g/mol. The van der Waals surface area contributed by atoms with Crippen LogP contribution in [0.15, 0.2) is 39.8 Å². The van der Waals surface area contributed by atoms with Crippen molar-refractivity contribution in [2.45, 2.75) is 0 Å². The number of allylic oxidation sites excluding steroid dienone is 1. The summed E-state index contributed by atoms with van der Waals surface area (Å²) in [5.41, 5.74) is 0. The summed E-state index contributed by atoms with van der Waals surface area (Å²) in [7, 11) is -3.53. The van der Waals surface area contributed by atoms with Crippen LogP contribution in [-0.4, -0.2) is 19.7 Å². The molecule has 15 heavy (non-hydrogen) atoms. The van der Waals surface area contributed by atoms with Crippen LogP contribution < -0.4 is 4.74 Å². The Morgan fingerprint density at radius 3 is 2.60 bits per heavy atom. The van der Waals surface area contributed by atoms with Gasteiger partial charge in [-0.25, -0.2) is 0 Å². The fourth-order valence-electron chi connectivity index (χ4n) is 1.05. The maximum Gasteiger partial charge on any atom is 0.279 e. The highest BCUT2D eigenvalue weighted by Crippen LogP contribution is 2.27. The molecular weight excluding hydrogens is 218 g/mol. The standard InChI is InChI=1S/C9H7NO4S/c11-8-3-1-2-4-9(8)14-7-5-10-15(12,13)6-7/h1-6,11H. The van der Waals surface area contributed by atoms with Crippen molar-refractivity contribution in [3.8, 4) is 11.5 Å². The molecule has 0 fully saturated rings. The minimum atomic E-state index is -3.53. The number of sulfonamides is 1. The smallest absolute Gasteiger partial charge is 0.279 e. The number of para-hydroxylation sites is 2. The molecule has 0 saturated heterocycles. The molecule has 0 saturated carbocycles. The van der Waals surface area contributed by atoms with E-state index in [1.807, 2.05) is 0 Å². The Labute approximate surface area is 86.4 Å². The van der Waals surface area contributed by atoms with Gasteiger partial charge in [0.25, 0.3) is 10.0 Å². The lowest BCUT2D eigenvalue weighted by Crippen LogP contribution is -1.94. The SMILES string of the molecule is O=S1(=O)C=C(Oc2ccccc2O)C=N1. The van der Waals surface area contributed by atoms with E-state index in [0.717, 1.165) is 11.6 Å². The molecule has 1 aliphatic heterocycles. The van der Waals surface area contributed by atoms with E-state index >= 15 is 0 Å². The third-order valence-electron chi connectivity index (χ3n) is 1.69. The van der Waals surface area contributed by atoms with Crippen molar-refractivity contribution < 1.29 is 18.3 Å². The van der Waals surface area contributed by atoms with Crippen molar-refractivity contribution in [1.82, 2.24) is 0 Å². The molecular formula is C9H7NO4S. The Kier molecular flexibility index (Phi) is 2.20. The summed E-state index contributed by atoms with van der Waals surface area (Å²) in [5.74, 6) is 0.208. The van der Waals surface area contributed by atoms with E-state index in [0.29, 0.717) is 0 Å². The molecule has 0 atom stereocenters. The average molecular weight is 225 g/mol. The van der Waals surface area contributed by atoms with Gasteiger partial charge in [-0.15, -0.1) is 0 Å². The first-order valence-corrected chi connectivity index (χ1v) is 5.55. The van der Waals surface area contributed by atoms with E-state index < -0.39 is 10.0 Å². The second-order valence-corrected chi connectivity index (χ2v) is 4.32. The summed E-state index contributed by atoms with van der Waals surface area (Å²) in [6.07, 6.45) is 1.09. The zero-order valence-corrected chi connectivity index (χ0v) is 8.31. The molecule has 2 rings (SSSR count). The number of hydrogen-bond donors (Lipinski definition) is 1. The summed E-state index contributed by atoms with van der Waals surface area (Å²) in [4.78, 5) is 0. The molecule has 0 bridgehead atoms. The number of benzene rings is 1. The molecule has 6 heteroatoms. The summed E-state index contributed by atoms with van der Waals surface area (Å²) in [5, 5.41) is 10.2. The highest BCUT2D eigenvalue weighted by molar-refractivity contribution is 7.93. The zero-order valence-electron chi connectivity index (χ0n) is 7.49. The van der Waals surface area contributed by atoms with Gasteiger partial charge in [0.2, 0.25) is 0 Å². The molecule has 1 aromatic rings. The molecule has 0 aromatic heterocycles. The van der Waals surface area contributed by atoms with Crippen molar-refractivity contribution in [1.29, 1.82) is 0 Å². The molecule has 78 valence electrons. The maximum absolute atomic E-state index is 10.9. The molecule has 1 N–H and O–H groups in total. The Bertz CT molecular complexity index is 545. The van der Waals surface area contributed by atoms with Crippen molar-refractivity contribution in [3.63, 3.8) is 0 Å². The molecule has 1 heterocycles. The molecule has 5 nitrogen and oxygen atoms in total. The van der Waals surface area contributed by atoms with E-state index in [4.69, 9.17) is 4.74 Å². The lowest BCUT2D eigenvalue weighted by atomic mass is 10.3.